The molecule has 6 nitrogen and oxygen atoms in total. The average Bonchev–Trinajstić information content (AvgIpc) is 3.54. The topological polar surface area (TPSA) is 78.8 Å². The molecule has 1 saturated heterocycles. The fourth-order valence-corrected chi connectivity index (χ4v) is 9.26. The molecule has 1 aliphatic heterocycles. The van der Waals surface area contributed by atoms with E-state index in [1.807, 2.05) is 36.4 Å². The van der Waals surface area contributed by atoms with Crippen LogP contribution in [0.1, 0.15) is 60.8 Å². The molecule has 0 aromatic heterocycles. The van der Waals surface area contributed by atoms with E-state index in [2.05, 4.69) is 29.6 Å². The van der Waals surface area contributed by atoms with Crippen LogP contribution in [0.4, 0.5) is 5.69 Å². The molecule has 5 atom stereocenters. The number of fused-ring (bicyclic) bond motifs is 1. The Morgan fingerprint density at radius 2 is 1.61 bits per heavy atom. The quantitative estimate of drug-likeness (QED) is 0.247. The summed E-state index contributed by atoms with van der Waals surface area (Å²) in [6.07, 6.45) is 6.24. The van der Waals surface area contributed by atoms with Crippen molar-refractivity contribution < 1.29 is 14.4 Å². The number of carbonyl (C=O) groups is 3. The van der Waals surface area contributed by atoms with Gasteiger partial charge in [0.25, 0.3) is 0 Å². The molecule has 0 spiro atoms. The lowest BCUT2D eigenvalue weighted by Gasteiger charge is -2.52. The molecule has 3 aromatic carbocycles. The molecule has 1 N–H and O–H groups in total. The van der Waals surface area contributed by atoms with Gasteiger partial charge in [0.05, 0.1) is 28.0 Å². The summed E-state index contributed by atoms with van der Waals surface area (Å²) in [7, 11) is 0. The van der Waals surface area contributed by atoms with Gasteiger partial charge in [-0.2, -0.15) is 5.10 Å². The van der Waals surface area contributed by atoms with Crippen molar-refractivity contribution in [2.45, 2.75) is 43.9 Å². The minimum absolute atomic E-state index is 0.0283. The SMILES string of the molecule is CC12CCCCC1C2C(=O)N/N=C/C12c3ccccc3C(c3ccccc31)C1C(=O)N(c3ccccc3Cl)C(=O)C12. The Morgan fingerprint density at radius 3 is 2.27 bits per heavy atom. The van der Waals surface area contributed by atoms with Crippen molar-refractivity contribution in [2.75, 3.05) is 4.90 Å². The van der Waals surface area contributed by atoms with E-state index in [-0.39, 0.29) is 35.0 Å². The smallest absolute Gasteiger partial charge is 0.244 e. The van der Waals surface area contributed by atoms with E-state index in [0.717, 1.165) is 35.1 Å². The van der Waals surface area contributed by atoms with Crippen LogP contribution in [0.5, 0.6) is 0 Å². The molecule has 0 radical (unpaired) electrons. The molecule has 3 fully saturated rings. The fraction of sp³-hybridized carbons (Fsp3) is 0.353. The molecule has 5 unspecified atom stereocenters. The molecule has 2 saturated carbocycles. The van der Waals surface area contributed by atoms with Crippen LogP contribution in [-0.4, -0.2) is 23.9 Å². The molecule has 6 aliphatic rings. The molecule has 2 bridgehead atoms. The van der Waals surface area contributed by atoms with Crippen LogP contribution in [0.25, 0.3) is 0 Å². The maximum absolute atomic E-state index is 14.4. The standard InChI is InChI=1S/C34H30ClN3O3/c1-33-17-9-8-14-23(33)28(33)30(39)37-36-18-34-21-12-4-2-10-19(21)26(20-11-3-5-13-22(20)34)27-29(34)32(41)38(31(27)40)25-16-7-6-15-24(25)35/h2-7,10-13,15-16,18,23,26-29H,8-9,14,17H2,1H3,(H,37,39)/b36-18+. The van der Waals surface area contributed by atoms with E-state index in [1.54, 1.807) is 30.5 Å². The number of nitrogens with zero attached hydrogens (tertiary/aromatic N) is 2. The van der Waals surface area contributed by atoms with Crippen molar-refractivity contribution in [3.8, 4) is 0 Å². The van der Waals surface area contributed by atoms with Gasteiger partial charge in [-0.15, -0.1) is 0 Å². The summed E-state index contributed by atoms with van der Waals surface area (Å²) in [5.41, 5.74) is 6.26. The van der Waals surface area contributed by atoms with Crippen molar-refractivity contribution in [1.82, 2.24) is 5.43 Å². The Morgan fingerprint density at radius 1 is 0.951 bits per heavy atom. The van der Waals surface area contributed by atoms with Crippen LogP contribution in [0.15, 0.2) is 77.9 Å². The van der Waals surface area contributed by atoms with E-state index in [1.165, 1.54) is 17.7 Å². The van der Waals surface area contributed by atoms with Crippen LogP contribution in [0.2, 0.25) is 5.02 Å². The highest BCUT2D eigenvalue weighted by Crippen LogP contribution is 2.66. The lowest BCUT2D eigenvalue weighted by molar-refractivity contribution is -0.124. The van der Waals surface area contributed by atoms with Gasteiger partial charge in [-0.3, -0.25) is 14.4 Å². The Hall–Kier alpha value is -3.77. The highest BCUT2D eigenvalue weighted by atomic mass is 35.5. The van der Waals surface area contributed by atoms with Crippen LogP contribution in [-0.2, 0) is 19.8 Å². The monoisotopic (exact) mass is 563 g/mol. The summed E-state index contributed by atoms with van der Waals surface area (Å²) in [4.78, 5) is 43.3. The number of hydrogen-bond donors (Lipinski definition) is 1. The molecular formula is C34H30ClN3O3. The lowest BCUT2D eigenvalue weighted by Crippen LogP contribution is -2.54. The molecule has 5 aliphatic carbocycles. The second-order valence-corrected chi connectivity index (χ2v) is 13.0. The summed E-state index contributed by atoms with van der Waals surface area (Å²) in [5.74, 6) is -1.81. The van der Waals surface area contributed by atoms with Gasteiger partial charge >= 0.3 is 0 Å². The first-order chi connectivity index (χ1) is 19.9. The summed E-state index contributed by atoms with van der Waals surface area (Å²) in [6, 6.07) is 23.0. The first-order valence-electron chi connectivity index (χ1n) is 14.5. The predicted molar refractivity (Wildman–Crippen MR) is 157 cm³/mol. The van der Waals surface area contributed by atoms with Gasteiger partial charge < -0.3 is 0 Å². The number of imide groups is 1. The average molecular weight is 564 g/mol. The van der Waals surface area contributed by atoms with Gasteiger partial charge in [0.1, 0.15) is 0 Å². The van der Waals surface area contributed by atoms with Crippen LogP contribution in [0.3, 0.4) is 0 Å². The predicted octanol–water partition coefficient (Wildman–Crippen LogP) is 5.82. The number of carbonyl (C=O) groups excluding carboxylic acids is 3. The third-order valence-electron chi connectivity index (χ3n) is 10.8. The molecular weight excluding hydrogens is 534 g/mol. The normalized spacial score (nSPS) is 34.2. The first-order valence-corrected chi connectivity index (χ1v) is 14.9. The van der Waals surface area contributed by atoms with Crippen molar-refractivity contribution in [3.05, 3.63) is 100 Å². The fourth-order valence-electron chi connectivity index (χ4n) is 9.04. The molecule has 3 aromatic rings. The minimum atomic E-state index is -1.02. The molecule has 7 heteroatoms. The second-order valence-electron chi connectivity index (χ2n) is 12.6. The van der Waals surface area contributed by atoms with Gasteiger partial charge in [0.2, 0.25) is 17.7 Å². The van der Waals surface area contributed by atoms with Gasteiger partial charge in [0, 0.05) is 18.1 Å². The second kappa shape index (κ2) is 8.62. The largest absolute Gasteiger partial charge is 0.274 e. The molecule has 1 heterocycles. The Balaban J connectivity index is 1.26. The van der Waals surface area contributed by atoms with Crippen molar-refractivity contribution in [3.63, 3.8) is 0 Å². The zero-order valence-electron chi connectivity index (χ0n) is 22.7. The molecule has 41 heavy (non-hydrogen) atoms. The Bertz CT molecular complexity index is 1640. The number of para-hydroxylation sites is 1. The Labute approximate surface area is 243 Å². The van der Waals surface area contributed by atoms with E-state index in [9.17, 15) is 14.4 Å². The third kappa shape index (κ3) is 3.14. The zero-order valence-corrected chi connectivity index (χ0v) is 23.5. The highest BCUT2D eigenvalue weighted by Gasteiger charge is 2.68. The number of anilines is 1. The van der Waals surface area contributed by atoms with Crippen molar-refractivity contribution in [1.29, 1.82) is 0 Å². The van der Waals surface area contributed by atoms with Crippen LogP contribution in [0, 0.1) is 29.1 Å². The van der Waals surface area contributed by atoms with E-state index in [0.29, 0.717) is 16.6 Å². The summed E-state index contributed by atoms with van der Waals surface area (Å²) in [6.45, 7) is 2.22. The van der Waals surface area contributed by atoms with Gasteiger partial charge in [-0.1, -0.05) is 92.0 Å². The van der Waals surface area contributed by atoms with Gasteiger partial charge in [0.15, 0.2) is 0 Å². The molecule has 9 rings (SSSR count). The number of benzene rings is 3. The van der Waals surface area contributed by atoms with E-state index in [4.69, 9.17) is 11.6 Å². The maximum Gasteiger partial charge on any atom is 0.244 e. The van der Waals surface area contributed by atoms with E-state index >= 15 is 0 Å². The van der Waals surface area contributed by atoms with Gasteiger partial charge in [-0.25, -0.2) is 10.3 Å². The van der Waals surface area contributed by atoms with Crippen LogP contribution >= 0.6 is 11.6 Å². The third-order valence-corrected chi connectivity index (χ3v) is 11.2. The maximum atomic E-state index is 14.4. The summed E-state index contributed by atoms with van der Waals surface area (Å²) < 4.78 is 0. The minimum Gasteiger partial charge on any atom is -0.274 e. The number of hydrazone groups is 1. The highest BCUT2D eigenvalue weighted by molar-refractivity contribution is 6.36. The van der Waals surface area contributed by atoms with Crippen molar-refractivity contribution >= 4 is 41.2 Å². The number of rotatable bonds is 4. The molecule has 206 valence electrons. The number of hydrogen-bond acceptors (Lipinski definition) is 4. The summed E-state index contributed by atoms with van der Waals surface area (Å²) >= 11 is 6.53. The zero-order chi connectivity index (χ0) is 28.1. The van der Waals surface area contributed by atoms with Gasteiger partial charge in [-0.05, 0) is 58.6 Å². The summed E-state index contributed by atoms with van der Waals surface area (Å²) in [5, 5.41) is 4.96. The van der Waals surface area contributed by atoms with Crippen molar-refractivity contribution in [2.24, 2.45) is 34.2 Å². The molecule has 3 amide bonds. The van der Waals surface area contributed by atoms with E-state index < -0.39 is 17.3 Å². The number of nitrogens with one attached hydrogen (secondary N) is 1. The number of amides is 3. The Kier molecular flexibility index (Phi) is 5.25. The van der Waals surface area contributed by atoms with Crippen LogP contribution < -0.4 is 10.3 Å². The first kappa shape index (κ1) is 25.0. The number of halogens is 1. The lowest BCUT2D eigenvalue weighted by atomic mass is 9.47.